The summed E-state index contributed by atoms with van der Waals surface area (Å²) in [6, 6.07) is 7.50. The van der Waals surface area contributed by atoms with Gasteiger partial charge in [0.15, 0.2) is 0 Å². The Morgan fingerprint density at radius 2 is 2.06 bits per heavy atom. The SMILES string of the molecule is NCCc1cccnc1Oc1cccnc1. The Morgan fingerprint density at radius 1 is 1.19 bits per heavy atom. The highest BCUT2D eigenvalue weighted by atomic mass is 16.5. The molecule has 16 heavy (non-hydrogen) atoms. The van der Waals surface area contributed by atoms with Crippen LogP contribution >= 0.6 is 0 Å². The predicted molar refractivity (Wildman–Crippen MR) is 61.3 cm³/mol. The number of nitrogens with zero attached hydrogens (tertiary/aromatic N) is 2. The molecule has 0 aromatic carbocycles. The molecule has 4 heteroatoms. The van der Waals surface area contributed by atoms with Gasteiger partial charge in [0.2, 0.25) is 5.88 Å². The number of pyridine rings is 2. The van der Waals surface area contributed by atoms with E-state index in [1.54, 1.807) is 18.6 Å². The van der Waals surface area contributed by atoms with E-state index >= 15 is 0 Å². The minimum atomic E-state index is 0.578. The molecular formula is C12H13N3O. The summed E-state index contributed by atoms with van der Waals surface area (Å²) >= 11 is 0. The van der Waals surface area contributed by atoms with Gasteiger partial charge in [0, 0.05) is 18.0 Å². The summed E-state index contributed by atoms with van der Waals surface area (Å²) in [5, 5.41) is 0. The van der Waals surface area contributed by atoms with Crippen molar-refractivity contribution < 1.29 is 4.74 Å². The maximum atomic E-state index is 5.63. The Kier molecular flexibility index (Phi) is 3.46. The average Bonchev–Trinajstić information content (AvgIpc) is 2.33. The first-order chi connectivity index (χ1) is 7.90. The first kappa shape index (κ1) is 10.6. The summed E-state index contributed by atoms with van der Waals surface area (Å²) in [4.78, 5) is 8.17. The van der Waals surface area contributed by atoms with Gasteiger partial charge in [-0.2, -0.15) is 0 Å². The van der Waals surface area contributed by atoms with Crippen LogP contribution in [0.25, 0.3) is 0 Å². The van der Waals surface area contributed by atoms with Crippen LogP contribution in [0.4, 0.5) is 0 Å². The predicted octanol–water partition coefficient (Wildman–Crippen LogP) is 1.77. The zero-order valence-electron chi connectivity index (χ0n) is 8.84. The standard InChI is InChI=1S/C12H13N3O/c13-6-5-10-3-1-8-15-12(10)16-11-4-2-7-14-9-11/h1-4,7-9H,5-6,13H2. The number of rotatable bonds is 4. The lowest BCUT2D eigenvalue weighted by atomic mass is 10.2. The zero-order valence-corrected chi connectivity index (χ0v) is 8.84. The molecular weight excluding hydrogens is 202 g/mol. The molecule has 0 aliphatic heterocycles. The Bertz CT molecular complexity index is 445. The number of aromatic nitrogens is 2. The van der Waals surface area contributed by atoms with Crippen LogP contribution in [0.3, 0.4) is 0 Å². The van der Waals surface area contributed by atoms with Crippen molar-refractivity contribution in [1.29, 1.82) is 0 Å². The fraction of sp³-hybridized carbons (Fsp3) is 0.167. The summed E-state index contributed by atoms with van der Waals surface area (Å²) < 4.78 is 5.63. The molecule has 0 unspecified atom stereocenters. The van der Waals surface area contributed by atoms with Gasteiger partial charge in [0.1, 0.15) is 5.75 Å². The number of ether oxygens (including phenoxy) is 1. The van der Waals surface area contributed by atoms with E-state index in [-0.39, 0.29) is 0 Å². The number of hydrogen-bond donors (Lipinski definition) is 1. The third kappa shape index (κ3) is 2.55. The van der Waals surface area contributed by atoms with Gasteiger partial charge < -0.3 is 10.5 Å². The van der Waals surface area contributed by atoms with Gasteiger partial charge in [-0.1, -0.05) is 6.07 Å². The fourth-order valence-corrected chi connectivity index (χ4v) is 1.38. The molecule has 2 aromatic rings. The van der Waals surface area contributed by atoms with Crippen LogP contribution in [-0.2, 0) is 6.42 Å². The normalized spacial score (nSPS) is 10.1. The largest absolute Gasteiger partial charge is 0.437 e. The number of hydrogen-bond acceptors (Lipinski definition) is 4. The van der Waals surface area contributed by atoms with E-state index in [9.17, 15) is 0 Å². The first-order valence-electron chi connectivity index (χ1n) is 5.12. The second-order valence-corrected chi connectivity index (χ2v) is 3.30. The maximum absolute atomic E-state index is 5.63. The van der Waals surface area contributed by atoms with E-state index in [4.69, 9.17) is 10.5 Å². The minimum Gasteiger partial charge on any atom is -0.437 e. The van der Waals surface area contributed by atoms with Crippen LogP contribution in [0.2, 0.25) is 0 Å². The Labute approximate surface area is 94.1 Å². The molecule has 0 aliphatic rings. The van der Waals surface area contributed by atoms with Crippen LogP contribution in [0.5, 0.6) is 11.6 Å². The molecule has 82 valence electrons. The monoisotopic (exact) mass is 215 g/mol. The zero-order chi connectivity index (χ0) is 11.2. The highest BCUT2D eigenvalue weighted by molar-refractivity contribution is 5.30. The quantitative estimate of drug-likeness (QED) is 0.844. The third-order valence-electron chi connectivity index (χ3n) is 2.11. The molecule has 0 saturated heterocycles. The number of nitrogens with two attached hydrogens (primary N) is 1. The van der Waals surface area contributed by atoms with Gasteiger partial charge in [-0.15, -0.1) is 0 Å². The lowest BCUT2D eigenvalue weighted by molar-refractivity contribution is 0.454. The van der Waals surface area contributed by atoms with Crippen LogP contribution in [0.15, 0.2) is 42.9 Å². The summed E-state index contributed by atoms with van der Waals surface area (Å²) in [6.07, 6.45) is 5.81. The molecule has 0 bridgehead atoms. The first-order valence-corrected chi connectivity index (χ1v) is 5.12. The summed E-state index contributed by atoms with van der Waals surface area (Å²) in [7, 11) is 0. The van der Waals surface area contributed by atoms with Crippen molar-refractivity contribution >= 4 is 0 Å². The fourth-order valence-electron chi connectivity index (χ4n) is 1.38. The van der Waals surface area contributed by atoms with E-state index in [2.05, 4.69) is 9.97 Å². The van der Waals surface area contributed by atoms with Gasteiger partial charge in [0.05, 0.1) is 6.20 Å². The Morgan fingerprint density at radius 3 is 2.81 bits per heavy atom. The van der Waals surface area contributed by atoms with E-state index < -0.39 is 0 Å². The maximum Gasteiger partial charge on any atom is 0.222 e. The van der Waals surface area contributed by atoms with Crippen molar-refractivity contribution in [3.63, 3.8) is 0 Å². The van der Waals surface area contributed by atoms with Crippen LogP contribution in [0, 0.1) is 0 Å². The summed E-state index contributed by atoms with van der Waals surface area (Å²) in [5.74, 6) is 1.28. The van der Waals surface area contributed by atoms with Crippen molar-refractivity contribution in [3.8, 4) is 11.6 Å². The van der Waals surface area contributed by atoms with Crippen molar-refractivity contribution in [3.05, 3.63) is 48.4 Å². The van der Waals surface area contributed by atoms with E-state index in [1.807, 2.05) is 24.3 Å². The molecule has 2 rings (SSSR count). The van der Waals surface area contributed by atoms with Gasteiger partial charge in [0.25, 0.3) is 0 Å². The van der Waals surface area contributed by atoms with Gasteiger partial charge >= 0.3 is 0 Å². The van der Waals surface area contributed by atoms with Crippen molar-refractivity contribution in [2.24, 2.45) is 5.73 Å². The van der Waals surface area contributed by atoms with Gasteiger partial charge in [-0.25, -0.2) is 4.98 Å². The second kappa shape index (κ2) is 5.23. The average molecular weight is 215 g/mol. The lowest BCUT2D eigenvalue weighted by Gasteiger charge is -2.08. The molecule has 2 heterocycles. The molecule has 0 fully saturated rings. The molecule has 0 amide bonds. The molecule has 0 saturated carbocycles. The lowest BCUT2D eigenvalue weighted by Crippen LogP contribution is -2.04. The van der Waals surface area contributed by atoms with Crippen LogP contribution in [-0.4, -0.2) is 16.5 Å². The van der Waals surface area contributed by atoms with Gasteiger partial charge in [-0.3, -0.25) is 4.98 Å². The Hall–Kier alpha value is -1.94. The molecule has 2 aromatic heterocycles. The van der Waals surface area contributed by atoms with Crippen molar-refractivity contribution in [2.75, 3.05) is 6.54 Å². The molecule has 2 N–H and O–H groups in total. The molecule has 0 atom stereocenters. The smallest absolute Gasteiger partial charge is 0.222 e. The molecule has 0 radical (unpaired) electrons. The third-order valence-corrected chi connectivity index (χ3v) is 2.11. The minimum absolute atomic E-state index is 0.578. The van der Waals surface area contributed by atoms with Crippen molar-refractivity contribution in [1.82, 2.24) is 9.97 Å². The second-order valence-electron chi connectivity index (χ2n) is 3.30. The van der Waals surface area contributed by atoms with E-state index in [1.165, 1.54) is 0 Å². The molecule has 4 nitrogen and oxygen atoms in total. The topological polar surface area (TPSA) is 61.0 Å². The van der Waals surface area contributed by atoms with Crippen molar-refractivity contribution in [2.45, 2.75) is 6.42 Å². The highest BCUT2D eigenvalue weighted by Crippen LogP contribution is 2.21. The van der Waals surface area contributed by atoms with E-state index in [0.717, 1.165) is 12.0 Å². The summed E-state index contributed by atoms with van der Waals surface area (Å²) in [6.45, 7) is 0.578. The highest BCUT2D eigenvalue weighted by Gasteiger charge is 2.04. The van der Waals surface area contributed by atoms with Gasteiger partial charge in [-0.05, 0) is 31.2 Å². The Balaban J connectivity index is 2.21. The van der Waals surface area contributed by atoms with Crippen LogP contribution < -0.4 is 10.5 Å². The van der Waals surface area contributed by atoms with E-state index in [0.29, 0.717) is 18.2 Å². The summed E-state index contributed by atoms with van der Waals surface area (Å²) in [5.41, 5.74) is 6.54. The molecule has 0 aliphatic carbocycles. The van der Waals surface area contributed by atoms with Crippen LogP contribution in [0.1, 0.15) is 5.56 Å². The molecule has 0 spiro atoms.